The minimum atomic E-state index is -4.21. The van der Waals surface area contributed by atoms with Gasteiger partial charge in [-0.1, -0.05) is 37.1 Å². The van der Waals surface area contributed by atoms with E-state index in [0.29, 0.717) is 12.3 Å². The first-order chi connectivity index (χ1) is 15.3. The number of carbonyl (C=O) groups excluding carboxylic acids is 1. The van der Waals surface area contributed by atoms with Gasteiger partial charge < -0.3 is 5.32 Å². The van der Waals surface area contributed by atoms with Crippen LogP contribution in [0.2, 0.25) is 0 Å². The summed E-state index contributed by atoms with van der Waals surface area (Å²) in [6, 6.07) is 10.4. The molecule has 1 amide bonds. The molecule has 1 atom stereocenters. The molecule has 0 saturated heterocycles. The zero-order valence-electron chi connectivity index (χ0n) is 17.9. The van der Waals surface area contributed by atoms with Crippen molar-refractivity contribution >= 4 is 27.7 Å². The lowest BCUT2D eigenvalue weighted by Gasteiger charge is -2.31. The van der Waals surface area contributed by atoms with Crippen molar-refractivity contribution in [2.45, 2.75) is 48.5 Å². The molecule has 1 aliphatic rings. The van der Waals surface area contributed by atoms with E-state index in [9.17, 15) is 22.0 Å². The Hall–Kier alpha value is -1.97. The molecule has 2 aromatic rings. The molecule has 5 nitrogen and oxygen atoms in total. The molecular weight excluding hydrogens is 454 g/mol. The van der Waals surface area contributed by atoms with Crippen LogP contribution in [0.25, 0.3) is 0 Å². The number of rotatable bonds is 10. The summed E-state index contributed by atoms with van der Waals surface area (Å²) >= 11 is 1.49. The van der Waals surface area contributed by atoms with Crippen molar-refractivity contribution in [3.05, 3.63) is 65.7 Å². The van der Waals surface area contributed by atoms with Crippen LogP contribution >= 0.6 is 11.8 Å². The number of thioether (sulfide) groups is 1. The van der Waals surface area contributed by atoms with E-state index < -0.39 is 32.7 Å². The quantitative estimate of drug-likeness (QED) is 0.537. The summed E-state index contributed by atoms with van der Waals surface area (Å²) in [4.78, 5) is 12.5. The molecule has 0 bridgehead atoms. The third-order valence-electron chi connectivity index (χ3n) is 5.97. The number of benzene rings is 2. The fourth-order valence-corrected chi connectivity index (χ4v) is 5.98. The summed E-state index contributed by atoms with van der Waals surface area (Å²) in [5, 5.41) is 2.91. The van der Waals surface area contributed by atoms with Crippen LogP contribution in [0.15, 0.2) is 53.4 Å². The molecule has 2 N–H and O–H groups in total. The van der Waals surface area contributed by atoms with Gasteiger partial charge >= 0.3 is 0 Å². The maximum absolute atomic E-state index is 14.1. The van der Waals surface area contributed by atoms with Crippen molar-refractivity contribution in [2.24, 2.45) is 0 Å². The van der Waals surface area contributed by atoms with Crippen molar-refractivity contribution in [1.82, 2.24) is 10.0 Å². The molecule has 32 heavy (non-hydrogen) atoms. The number of halogens is 2. The third-order valence-corrected chi connectivity index (χ3v) is 8.12. The lowest BCUT2D eigenvalue weighted by Crippen LogP contribution is -2.50. The first-order valence-electron chi connectivity index (χ1n) is 10.6. The highest BCUT2D eigenvalue weighted by Crippen LogP contribution is 2.40. The molecule has 174 valence electrons. The molecular formula is C23H28F2N2O3S2. The summed E-state index contributed by atoms with van der Waals surface area (Å²) < 4.78 is 55.3. The van der Waals surface area contributed by atoms with Gasteiger partial charge in [-0.25, -0.2) is 17.2 Å². The Morgan fingerprint density at radius 1 is 1.09 bits per heavy atom. The van der Waals surface area contributed by atoms with E-state index in [1.54, 1.807) is 12.1 Å². The van der Waals surface area contributed by atoms with Crippen LogP contribution in [0.3, 0.4) is 0 Å². The maximum atomic E-state index is 14.1. The van der Waals surface area contributed by atoms with Gasteiger partial charge in [0.05, 0.1) is 0 Å². The lowest BCUT2D eigenvalue weighted by molar-refractivity contribution is -0.123. The minimum Gasteiger partial charge on any atom is -0.354 e. The predicted octanol–water partition coefficient (Wildman–Crippen LogP) is 3.99. The van der Waals surface area contributed by atoms with Crippen LogP contribution in [0.4, 0.5) is 8.78 Å². The number of hydrogen-bond acceptors (Lipinski definition) is 4. The molecule has 1 fully saturated rings. The van der Waals surface area contributed by atoms with Crippen molar-refractivity contribution in [3.63, 3.8) is 0 Å². The molecule has 0 heterocycles. The van der Waals surface area contributed by atoms with Crippen LogP contribution in [-0.4, -0.2) is 38.9 Å². The summed E-state index contributed by atoms with van der Waals surface area (Å²) in [6.45, 7) is 0.328. The van der Waals surface area contributed by atoms with E-state index in [1.807, 2.05) is 6.26 Å². The Labute approximate surface area is 192 Å². The largest absolute Gasteiger partial charge is 0.354 e. The van der Waals surface area contributed by atoms with Crippen molar-refractivity contribution < 1.29 is 22.0 Å². The highest BCUT2D eigenvalue weighted by molar-refractivity contribution is 7.98. The Kier molecular flexibility index (Phi) is 8.30. The van der Waals surface area contributed by atoms with Gasteiger partial charge in [-0.05, 0) is 61.1 Å². The molecule has 0 radical (unpaired) electrons. The standard InChI is InChI=1S/C23H28F2N2O3S2/c1-31-15-12-20(27-32(29,30)21-7-3-2-6-19(21)25)22(28)26-16-23(13-4-5-14-23)17-8-10-18(24)11-9-17/h2-3,6-11,20,27H,4-5,12-16H2,1H3,(H,26,28). The second kappa shape index (κ2) is 10.8. The van der Waals surface area contributed by atoms with Gasteiger partial charge in [0, 0.05) is 12.0 Å². The maximum Gasteiger partial charge on any atom is 0.244 e. The van der Waals surface area contributed by atoms with E-state index in [-0.39, 0.29) is 17.7 Å². The number of amides is 1. The zero-order chi connectivity index (χ0) is 23.2. The molecule has 2 aromatic carbocycles. The molecule has 9 heteroatoms. The Morgan fingerprint density at radius 2 is 1.75 bits per heavy atom. The molecule has 0 spiro atoms. The van der Waals surface area contributed by atoms with Crippen LogP contribution in [0.1, 0.15) is 37.7 Å². The van der Waals surface area contributed by atoms with Crippen LogP contribution in [-0.2, 0) is 20.2 Å². The van der Waals surface area contributed by atoms with Gasteiger partial charge in [0.2, 0.25) is 15.9 Å². The van der Waals surface area contributed by atoms with Gasteiger partial charge in [-0.3, -0.25) is 4.79 Å². The van der Waals surface area contributed by atoms with E-state index in [1.165, 1.54) is 42.1 Å². The average Bonchev–Trinajstić information content (AvgIpc) is 3.25. The molecule has 1 saturated carbocycles. The lowest BCUT2D eigenvalue weighted by atomic mass is 9.78. The summed E-state index contributed by atoms with van der Waals surface area (Å²) in [7, 11) is -4.21. The third kappa shape index (κ3) is 5.88. The summed E-state index contributed by atoms with van der Waals surface area (Å²) in [5.41, 5.74) is 0.655. The van der Waals surface area contributed by atoms with Gasteiger partial charge in [0.25, 0.3) is 0 Å². The molecule has 0 aromatic heterocycles. The fourth-order valence-electron chi connectivity index (χ4n) is 4.19. The molecule has 1 unspecified atom stereocenters. The monoisotopic (exact) mass is 482 g/mol. The normalized spacial score (nSPS) is 16.6. The molecule has 1 aliphatic carbocycles. The number of hydrogen-bond donors (Lipinski definition) is 2. The smallest absolute Gasteiger partial charge is 0.244 e. The second-order valence-electron chi connectivity index (χ2n) is 8.10. The zero-order valence-corrected chi connectivity index (χ0v) is 19.6. The topological polar surface area (TPSA) is 75.3 Å². The van der Waals surface area contributed by atoms with Crippen molar-refractivity contribution in [3.8, 4) is 0 Å². The Bertz CT molecular complexity index is 1020. The fraction of sp³-hybridized carbons (Fsp3) is 0.435. The van der Waals surface area contributed by atoms with Gasteiger partial charge in [-0.2, -0.15) is 16.5 Å². The minimum absolute atomic E-state index is 0.268. The van der Waals surface area contributed by atoms with Crippen molar-refractivity contribution in [2.75, 3.05) is 18.6 Å². The van der Waals surface area contributed by atoms with E-state index in [4.69, 9.17) is 0 Å². The Balaban J connectivity index is 1.75. The Morgan fingerprint density at radius 3 is 2.38 bits per heavy atom. The SMILES string of the molecule is CSCCC(NS(=O)(=O)c1ccccc1F)C(=O)NCC1(c2ccc(F)cc2)CCCC1. The van der Waals surface area contributed by atoms with E-state index in [2.05, 4.69) is 10.0 Å². The highest BCUT2D eigenvalue weighted by Gasteiger charge is 2.37. The number of nitrogens with one attached hydrogen (secondary N) is 2. The van der Waals surface area contributed by atoms with Crippen LogP contribution in [0, 0.1) is 11.6 Å². The van der Waals surface area contributed by atoms with Gasteiger partial charge in [0.1, 0.15) is 22.6 Å². The van der Waals surface area contributed by atoms with E-state index >= 15 is 0 Å². The van der Waals surface area contributed by atoms with Crippen LogP contribution in [0.5, 0.6) is 0 Å². The number of sulfonamides is 1. The van der Waals surface area contributed by atoms with Gasteiger partial charge in [-0.15, -0.1) is 0 Å². The van der Waals surface area contributed by atoms with Crippen molar-refractivity contribution in [1.29, 1.82) is 0 Å². The summed E-state index contributed by atoms with van der Waals surface area (Å²) in [5.74, 6) is -1.08. The number of carbonyl (C=O) groups is 1. The predicted molar refractivity (Wildman–Crippen MR) is 123 cm³/mol. The first-order valence-corrected chi connectivity index (χ1v) is 13.4. The molecule has 0 aliphatic heterocycles. The van der Waals surface area contributed by atoms with Crippen LogP contribution < -0.4 is 10.0 Å². The van der Waals surface area contributed by atoms with E-state index in [0.717, 1.165) is 37.3 Å². The second-order valence-corrected chi connectivity index (χ2v) is 10.8. The first kappa shape index (κ1) is 24.7. The average molecular weight is 483 g/mol. The van der Waals surface area contributed by atoms with Gasteiger partial charge in [0.15, 0.2) is 0 Å². The summed E-state index contributed by atoms with van der Waals surface area (Å²) in [6.07, 6.45) is 5.85. The molecule has 3 rings (SSSR count). The highest BCUT2D eigenvalue weighted by atomic mass is 32.2.